The molecule has 5 heteroatoms. The number of hydrogen-bond donors (Lipinski definition) is 1. The fourth-order valence-corrected chi connectivity index (χ4v) is 3.17. The van der Waals surface area contributed by atoms with E-state index in [0.29, 0.717) is 11.7 Å². The summed E-state index contributed by atoms with van der Waals surface area (Å²) in [5.74, 6) is -0.921. The molecular formula is C16H17BrN2O2. The zero-order chi connectivity index (χ0) is 14.8. The van der Waals surface area contributed by atoms with Crippen LogP contribution in [0.1, 0.15) is 48.5 Å². The van der Waals surface area contributed by atoms with E-state index in [1.54, 1.807) is 6.20 Å². The molecule has 0 radical (unpaired) electrons. The quantitative estimate of drug-likeness (QED) is 0.887. The SMILES string of the molecule is O=C(O)c1cn(C2CCCCC2)nc1-c1ccc(Br)cc1. The third-order valence-electron chi connectivity index (χ3n) is 4.03. The Bertz CT molecular complexity index is 643. The standard InChI is InChI=1S/C16H17BrN2O2/c17-12-8-6-11(7-9-12)15-14(16(20)21)10-19(18-15)13-4-2-1-3-5-13/h6-10,13H,1-5H2,(H,20,21). The first-order valence-electron chi connectivity index (χ1n) is 7.23. The molecule has 0 saturated heterocycles. The molecule has 1 fully saturated rings. The highest BCUT2D eigenvalue weighted by Crippen LogP contribution is 2.31. The Morgan fingerprint density at radius 3 is 2.48 bits per heavy atom. The minimum absolute atomic E-state index is 0.280. The van der Waals surface area contributed by atoms with Gasteiger partial charge in [-0.15, -0.1) is 0 Å². The van der Waals surface area contributed by atoms with Gasteiger partial charge in [0.15, 0.2) is 0 Å². The molecule has 0 spiro atoms. The Kier molecular flexibility index (Phi) is 4.10. The van der Waals surface area contributed by atoms with Crippen molar-refractivity contribution in [2.75, 3.05) is 0 Å². The van der Waals surface area contributed by atoms with Crippen LogP contribution in [-0.4, -0.2) is 20.9 Å². The highest BCUT2D eigenvalue weighted by Gasteiger charge is 2.22. The molecular weight excluding hydrogens is 332 g/mol. The molecule has 110 valence electrons. The van der Waals surface area contributed by atoms with E-state index in [0.717, 1.165) is 22.9 Å². The number of carboxylic acids is 1. The van der Waals surface area contributed by atoms with Crippen molar-refractivity contribution in [3.05, 3.63) is 40.5 Å². The minimum atomic E-state index is -0.921. The zero-order valence-corrected chi connectivity index (χ0v) is 13.2. The molecule has 3 rings (SSSR count). The summed E-state index contributed by atoms with van der Waals surface area (Å²) < 4.78 is 2.83. The normalized spacial score (nSPS) is 16.0. The Morgan fingerprint density at radius 1 is 1.19 bits per heavy atom. The maximum atomic E-state index is 11.5. The van der Waals surface area contributed by atoms with Gasteiger partial charge in [-0.25, -0.2) is 4.79 Å². The van der Waals surface area contributed by atoms with Crippen LogP contribution < -0.4 is 0 Å². The minimum Gasteiger partial charge on any atom is -0.478 e. The number of benzene rings is 1. The van der Waals surface area contributed by atoms with Crippen LogP contribution in [0.15, 0.2) is 34.9 Å². The van der Waals surface area contributed by atoms with Crippen molar-refractivity contribution in [1.82, 2.24) is 9.78 Å². The third kappa shape index (κ3) is 3.02. The van der Waals surface area contributed by atoms with E-state index in [2.05, 4.69) is 21.0 Å². The first-order chi connectivity index (χ1) is 10.1. The summed E-state index contributed by atoms with van der Waals surface area (Å²) in [6.45, 7) is 0. The van der Waals surface area contributed by atoms with Crippen LogP contribution in [0, 0.1) is 0 Å². The summed E-state index contributed by atoms with van der Waals surface area (Å²) >= 11 is 3.39. The number of halogens is 1. The number of aromatic carboxylic acids is 1. The fourth-order valence-electron chi connectivity index (χ4n) is 2.90. The Labute approximate surface area is 131 Å². The predicted octanol–water partition coefficient (Wildman–Crippen LogP) is 4.52. The Balaban J connectivity index is 2.00. The molecule has 21 heavy (non-hydrogen) atoms. The fraction of sp³-hybridized carbons (Fsp3) is 0.375. The van der Waals surface area contributed by atoms with Crippen LogP contribution >= 0.6 is 15.9 Å². The van der Waals surface area contributed by atoms with Crippen molar-refractivity contribution < 1.29 is 9.90 Å². The number of rotatable bonds is 3. The largest absolute Gasteiger partial charge is 0.478 e. The van der Waals surface area contributed by atoms with Crippen LogP contribution in [0.2, 0.25) is 0 Å². The predicted molar refractivity (Wildman–Crippen MR) is 84.4 cm³/mol. The van der Waals surface area contributed by atoms with E-state index in [9.17, 15) is 9.90 Å². The van der Waals surface area contributed by atoms with Crippen molar-refractivity contribution in [1.29, 1.82) is 0 Å². The van der Waals surface area contributed by atoms with Gasteiger partial charge in [0.2, 0.25) is 0 Å². The molecule has 0 atom stereocenters. The highest BCUT2D eigenvalue weighted by atomic mass is 79.9. The van der Waals surface area contributed by atoms with E-state index >= 15 is 0 Å². The van der Waals surface area contributed by atoms with Gasteiger partial charge in [0.25, 0.3) is 0 Å². The van der Waals surface area contributed by atoms with Gasteiger partial charge in [-0.2, -0.15) is 5.10 Å². The molecule has 0 bridgehead atoms. The van der Waals surface area contributed by atoms with Gasteiger partial charge in [-0.3, -0.25) is 4.68 Å². The molecule has 1 heterocycles. The second-order valence-electron chi connectivity index (χ2n) is 5.48. The first-order valence-corrected chi connectivity index (χ1v) is 8.03. The van der Waals surface area contributed by atoms with Crippen molar-refractivity contribution >= 4 is 21.9 Å². The van der Waals surface area contributed by atoms with Crippen LogP contribution in [0.4, 0.5) is 0 Å². The van der Waals surface area contributed by atoms with Crippen molar-refractivity contribution in [3.8, 4) is 11.3 Å². The number of hydrogen-bond acceptors (Lipinski definition) is 2. The summed E-state index contributed by atoms with van der Waals surface area (Å²) in [5.41, 5.74) is 1.67. The molecule has 1 saturated carbocycles. The molecule has 0 unspecified atom stereocenters. The summed E-state index contributed by atoms with van der Waals surface area (Å²) in [4.78, 5) is 11.5. The Hall–Kier alpha value is -1.62. The van der Waals surface area contributed by atoms with E-state index in [-0.39, 0.29) is 5.56 Å². The average molecular weight is 349 g/mol. The van der Waals surface area contributed by atoms with Gasteiger partial charge in [0, 0.05) is 16.2 Å². The van der Waals surface area contributed by atoms with Crippen molar-refractivity contribution in [3.63, 3.8) is 0 Å². The molecule has 1 aromatic heterocycles. The monoisotopic (exact) mass is 348 g/mol. The lowest BCUT2D eigenvalue weighted by molar-refractivity contribution is 0.0697. The molecule has 0 amide bonds. The van der Waals surface area contributed by atoms with Gasteiger partial charge in [-0.05, 0) is 25.0 Å². The summed E-state index contributed by atoms with van der Waals surface area (Å²) in [6.07, 6.45) is 7.51. The van der Waals surface area contributed by atoms with Crippen LogP contribution in [0.5, 0.6) is 0 Å². The third-order valence-corrected chi connectivity index (χ3v) is 4.56. The molecule has 1 aliphatic rings. The summed E-state index contributed by atoms with van der Waals surface area (Å²) in [7, 11) is 0. The van der Waals surface area contributed by atoms with Crippen molar-refractivity contribution in [2.24, 2.45) is 0 Å². The average Bonchev–Trinajstić information content (AvgIpc) is 2.94. The second kappa shape index (κ2) is 6.02. The van der Waals surface area contributed by atoms with Gasteiger partial charge in [0.05, 0.1) is 6.04 Å². The maximum Gasteiger partial charge on any atom is 0.339 e. The summed E-state index contributed by atoms with van der Waals surface area (Å²) in [6, 6.07) is 7.93. The van der Waals surface area contributed by atoms with Crippen molar-refractivity contribution in [2.45, 2.75) is 38.1 Å². The van der Waals surface area contributed by atoms with E-state index in [1.165, 1.54) is 19.3 Å². The van der Waals surface area contributed by atoms with Gasteiger partial charge < -0.3 is 5.11 Å². The zero-order valence-electron chi connectivity index (χ0n) is 11.6. The second-order valence-corrected chi connectivity index (χ2v) is 6.39. The van der Waals surface area contributed by atoms with Gasteiger partial charge in [-0.1, -0.05) is 47.3 Å². The van der Waals surface area contributed by atoms with E-state index < -0.39 is 5.97 Å². The van der Waals surface area contributed by atoms with E-state index in [4.69, 9.17) is 0 Å². The van der Waals surface area contributed by atoms with Gasteiger partial charge in [0.1, 0.15) is 11.3 Å². The van der Waals surface area contributed by atoms with Crippen LogP contribution in [0.3, 0.4) is 0 Å². The number of nitrogens with zero attached hydrogens (tertiary/aromatic N) is 2. The molecule has 1 N–H and O–H groups in total. The van der Waals surface area contributed by atoms with E-state index in [1.807, 2.05) is 28.9 Å². The number of carboxylic acid groups (broad SMARTS) is 1. The Morgan fingerprint density at radius 2 is 1.86 bits per heavy atom. The molecule has 2 aromatic rings. The van der Waals surface area contributed by atoms with Gasteiger partial charge >= 0.3 is 5.97 Å². The lowest BCUT2D eigenvalue weighted by atomic mass is 9.96. The maximum absolute atomic E-state index is 11.5. The topological polar surface area (TPSA) is 55.1 Å². The molecule has 4 nitrogen and oxygen atoms in total. The highest BCUT2D eigenvalue weighted by molar-refractivity contribution is 9.10. The van der Waals surface area contributed by atoms with Crippen LogP contribution in [0.25, 0.3) is 11.3 Å². The molecule has 1 aromatic carbocycles. The molecule has 1 aliphatic carbocycles. The lowest BCUT2D eigenvalue weighted by Crippen LogP contribution is -2.13. The first kappa shape index (κ1) is 14.3. The molecule has 0 aliphatic heterocycles. The lowest BCUT2D eigenvalue weighted by Gasteiger charge is -2.21. The smallest absolute Gasteiger partial charge is 0.339 e. The summed E-state index contributed by atoms with van der Waals surface area (Å²) in [5, 5.41) is 14.0. The van der Waals surface area contributed by atoms with Crippen LogP contribution in [-0.2, 0) is 0 Å². The number of aromatic nitrogens is 2. The number of carbonyl (C=O) groups is 1.